The van der Waals surface area contributed by atoms with Crippen molar-refractivity contribution in [1.82, 2.24) is 19.9 Å². The summed E-state index contributed by atoms with van der Waals surface area (Å²) >= 11 is 0. The number of fused-ring (bicyclic) bond motifs is 1. The molecule has 5 aromatic rings. The Kier molecular flexibility index (Phi) is 6.86. The zero-order valence-corrected chi connectivity index (χ0v) is 20.0. The maximum atomic E-state index is 14.1. The highest BCUT2D eigenvalue weighted by atomic mass is 19.1. The minimum absolute atomic E-state index is 0.309. The number of halogens is 1. The van der Waals surface area contributed by atoms with Crippen molar-refractivity contribution in [3.05, 3.63) is 90.3 Å². The summed E-state index contributed by atoms with van der Waals surface area (Å²) in [6, 6.07) is 20.4. The van der Waals surface area contributed by atoms with Gasteiger partial charge in [0.05, 0.1) is 41.9 Å². The molecule has 0 saturated heterocycles. The highest BCUT2D eigenvalue weighted by Crippen LogP contribution is 2.32. The van der Waals surface area contributed by atoms with Gasteiger partial charge in [-0.25, -0.2) is 9.37 Å². The summed E-state index contributed by atoms with van der Waals surface area (Å²) in [6.07, 6.45) is 2.51. The summed E-state index contributed by atoms with van der Waals surface area (Å²) in [4.78, 5) is 17.5. The minimum atomic E-state index is -0.309. The lowest BCUT2D eigenvalue weighted by Crippen LogP contribution is -2.06. The number of nitrogens with one attached hydrogen (secondary N) is 2. The summed E-state index contributed by atoms with van der Waals surface area (Å²) in [5.74, 6) is 1.06. The number of nitrogens with zero attached hydrogens (tertiary/aromatic N) is 3. The van der Waals surface area contributed by atoms with E-state index < -0.39 is 0 Å². The summed E-state index contributed by atoms with van der Waals surface area (Å²) in [5.41, 5.74) is 11.0. The van der Waals surface area contributed by atoms with Crippen LogP contribution in [0.3, 0.4) is 0 Å². The number of pyridine rings is 2. The molecule has 0 fully saturated rings. The fourth-order valence-corrected chi connectivity index (χ4v) is 3.98. The van der Waals surface area contributed by atoms with Crippen molar-refractivity contribution >= 4 is 16.6 Å². The van der Waals surface area contributed by atoms with Crippen LogP contribution in [0.1, 0.15) is 17.9 Å². The normalized spacial score (nSPS) is 11.1. The van der Waals surface area contributed by atoms with Crippen molar-refractivity contribution in [2.75, 3.05) is 18.5 Å². The molecular formula is C28H27FN6O. The number of aryl methyl sites for hydroxylation is 1. The molecule has 3 heterocycles. The molecule has 4 N–H and O–H groups in total. The average Bonchev–Trinajstić information content (AvgIpc) is 3.32. The van der Waals surface area contributed by atoms with Crippen LogP contribution in [0.4, 0.5) is 10.1 Å². The van der Waals surface area contributed by atoms with Gasteiger partial charge in [0, 0.05) is 16.6 Å². The third kappa shape index (κ3) is 5.18. The first-order valence-corrected chi connectivity index (χ1v) is 11.8. The van der Waals surface area contributed by atoms with E-state index in [4.69, 9.17) is 15.5 Å². The Morgan fingerprint density at radius 2 is 1.92 bits per heavy atom. The summed E-state index contributed by atoms with van der Waals surface area (Å²) in [5, 5.41) is 4.07. The molecule has 3 aromatic heterocycles. The molecule has 0 bridgehead atoms. The number of hydrogen-bond donors (Lipinski definition) is 3. The molecule has 7 nitrogen and oxygen atoms in total. The van der Waals surface area contributed by atoms with E-state index in [1.54, 1.807) is 24.4 Å². The molecule has 36 heavy (non-hydrogen) atoms. The predicted octanol–water partition coefficient (Wildman–Crippen LogP) is 5.47. The first-order chi connectivity index (χ1) is 17.6. The number of H-pyrrole nitrogens is 1. The molecule has 0 aliphatic carbocycles. The molecule has 0 aliphatic rings. The van der Waals surface area contributed by atoms with Crippen molar-refractivity contribution in [2.24, 2.45) is 5.73 Å². The highest BCUT2D eigenvalue weighted by molar-refractivity contribution is 5.87. The van der Waals surface area contributed by atoms with Crippen LogP contribution < -0.4 is 15.8 Å². The molecular weight excluding hydrogens is 455 g/mol. The van der Waals surface area contributed by atoms with Crippen LogP contribution in [0.5, 0.6) is 5.75 Å². The summed E-state index contributed by atoms with van der Waals surface area (Å²) < 4.78 is 19.9. The van der Waals surface area contributed by atoms with Gasteiger partial charge in [0.15, 0.2) is 0 Å². The lowest BCUT2D eigenvalue weighted by atomic mass is 10.1. The molecule has 0 spiro atoms. The van der Waals surface area contributed by atoms with Gasteiger partial charge in [-0.2, -0.15) is 0 Å². The molecule has 0 amide bonds. The fourth-order valence-electron chi connectivity index (χ4n) is 3.98. The van der Waals surface area contributed by atoms with Crippen molar-refractivity contribution in [2.45, 2.75) is 19.9 Å². The topological polar surface area (TPSA) is 102 Å². The van der Waals surface area contributed by atoms with Gasteiger partial charge in [-0.1, -0.05) is 24.3 Å². The van der Waals surface area contributed by atoms with E-state index in [2.05, 4.69) is 26.3 Å². The maximum Gasteiger partial charge on any atom is 0.146 e. The maximum absolute atomic E-state index is 14.1. The molecule has 0 aliphatic heterocycles. The Hall–Kier alpha value is -4.30. The number of benzene rings is 2. The van der Waals surface area contributed by atoms with E-state index in [0.29, 0.717) is 37.0 Å². The van der Waals surface area contributed by atoms with Gasteiger partial charge in [-0.05, 0) is 62.4 Å². The Morgan fingerprint density at radius 1 is 1.03 bits per heavy atom. The summed E-state index contributed by atoms with van der Waals surface area (Å²) in [6.45, 7) is 3.40. The largest absolute Gasteiger partial charge is 0.492 e. The van der Waals surface area contributed by atoms with Gasteiger partial charge in [-0.15, -0.1) is 0 Å². The molecule has 0 saturated carbocycles. The number of para-hydroxylation sites is 1. The van der Waals surface area contributed by atoms with E-state index in [-0.39, 0.29) is 5.82 Å². The lowest BCUT2D eigenvalue weighted by molar-refractivity contribution is 0.313. The lowest BCUT2D eigenvalue weighted by Gasteiger charge is -2.08. The molecule has 2 aromatic carbocycles. The van der Waals surface area contributed by atoms with Crippen molar-refractivity contribution in [3.8, 4) is 28.4 Å². The number of nitrogens with two attached hydrogens (primary N) is 1. The van der Waals surface area contributed by atoms with E-state index >= 15 is 0 Å². The molecule has 5 rings (SSSR count). The second-order valence-electron chi connectivity index (χ2n) is 8.47. The number of imidazole rings is 1. The SMILES string of the molecule is Cc1cccc(-c2nc(CNc3ccccc3F)[nH]c2-c2ccc3ncc(OCCCN)cc3c2)n1. The van der Waals surface area contributed by atoms with Crippen molar-refractivity contribution < 1.29 is 9.13 Å². The number of ether oxygens (including phenoxy) is 1. The standard InChI is InChI=1S/C28H27FN6O/c1-18-6-4-9-25(33-18)28-27(34-26(35-28)17-32-24-8-3-2-7-22(24)29)19-10-11-23-20(14-19)15-21(16-31-23)36-13-5-12-30/h2-4,6-11,14-16,32H,5,12-13,17,30H2,1H3,(H,34,35). The first-order valence-electron chi connectivity index (χ1n) is 11.8. The predicted molar refractivity (Wildman–Crippen MR) is 140 cm³/mol. The second kappa shape index (κ2) is 10.5. The van der Waals surface area contributed by atoms with Crippen LogP contribution in [-0.2, 0) is 6.54 Å². The number of aromatic nitrogens is 4. The Labute approximate surface area is 208 Å². The van der Waals surface area contributed by atoms with Gasteiger partial charge < -0.3 is 20.8 Å². The van der Waals surface area contributed by atoms with E-state index in [1.807, 2.05) is 43.3 Å². The van der Waals surface area contributed by atoms with Crippen LogP contribution in [0.2, 0.25) is 0 Å². The zero-order chi connectivity index (χ0) is 24.9. The Morgan fingerprint density at radius 3 is 2.75 bits per heavy atom. The monoisotopic (exact) mass is 482 g/mol. The van der Waals surface area contributed by atoms with E-state index in [9.17, 15) is 4.39 Å². The van der Waals surface area contributed by atoms with Crippen LogP contribution in [0.15, 0.2) is 72.9 Å². The fraction of sp³-hybridized carbons (Fsp3) is 0.179. The van der Waals surface area contributed by atoms with Crippen molar-refractivity contribution in [1.29, 1.82) is 0 Å². The highest BCUT2D eigenvalue weighted by Gasteiger charge is 2.16. The van der Waals surface area contributed by atoms with Crippen LogP contribution >= 0.6 is 0 Å². The number of anilines is 1. The van der Waals surface area contributed by atoms with Crippen LogP contribution in [0, 0.1) is 12.7 Å². The number of aromatic amines is 1. The van der Waals surface area contributed by atoms with Crippen molar-refractivity contribution in [3.63, 3.8) is 0 Å². The molecule has 0 radical (unpaired) electrons. The second-order valence-corrected chi connectivity index (χ2v) is 8.47. The first kappa shape index (κ1) is 23.4. The summed E-state index contributed by atoms with van der Waals surface area (Å²) in [7, 11) is 0. The quantitative estimate of drug-likeness (QED) is 0.241. The Bertz CT molecular complexity index is 1500. The van der Waals surface area contributed by atoms with Crippen LogP contribution in [-0.4, -0.2) is 33.1 Å². The number of hydrogen-bond acceptors (Lipinski definition) is 6. The molecule has 0 atom stereocenters. The van der Waals surface area contributed by atoms with E-state index in [1.165, 1.54) is 6.07 Å². The number of rotatable bonds is 9. The smallest absolute Gasteiger partial charge is 0.146 e. The van der Waals surface area contributed by atoms with Gasteiger partial charge in [0.1, 0.15) is 23.1 Å². The molecule has 8 heteroatoms. The Balaban J connectivity index is 1.52. The zero-order valence-electron chi connectivity index (χ0n) is 20.0. The molecule has 182 valence electrons. The molecule has 0 unspecified atom stereocenters. The van der Waals surface area contributed by atoms with E-state index in [0.717, 1.165) is 45.7 Å². The van der Waals surface area contributed by atoms with Gasteiger partial charge >= 0.3 is 0 Å². The van der Waals surface area contributed by atoms with Gasteiger partial charge in [0.25, 0.3) is 0 Å². The third-order valence-corrected chi connectivity index (χ3v) is 5.77. The van der Waals surface area contributed by atoms with Crippen LogP contribution in [0.25, 0.3) is 33.5 Å². The average molecular weight is 483 g/mol. The van der Waals surface area contributed by atoms with Gasteiger partial charge in [0.2, 0.25) is 0 Å². The van der Waals surface area contributed by atoms with Gasteiger partial charge in [-0.3, -0.25) is 9.97 Å². The third-order valence-electron chi connectivity index (χ3n) is 5.77. The minimum Gasteiger partial charge on any atom is -0.492 e.